The molecule has 4 heteroatoms. The van der Waals surface area contributed by atoms with E-state index in [9.17, 15) is 9.59 Å². The third-order valence-corrected chi connectivity index (χ3v) is 4.25. The molecule has 0 aliphatic rings. The zero-order chi connectivity index (χ0) is 18.1. The summed E-state index contributed by atoms with van der Waals surface area (Å²) in [4.78, 5) is 24.3. The van der Waals surface area contributed by atoms with E-state index in [-0.39, 0.29) is 23.7 Å². The molecule has 0 bridgehead atoms. The first-order chi connectivity index (χ1) is 12.1. The zero-order valence-electron chi connectivity index (χ0n) is 14.9. The van der Waals surface area contributed by atoms with Crippen molar-refractivity contribution >= 4 is 23.2 Å². The van der Waals surface area contributed by atoms with Crippen molar-refractivity contribution in [3.63, 3.8) is 0 Å². The molecule has 0 aliphatic heterocycles. The van der Waals surface area contributed by atoms with E-state index < -0.39 is 0 Å². The van der Waals surface area contributed by atoms with Gasteiger partial charge in [0.05, 0.1) is 0 Å². The molecule has 2 aromatic carbocycles. The van der Waals surface area contributed by atoms with Gasteiger partial charge in [-0.3, -0.25) is 9.59 Å². The van der Waals surface area contributed by atoms with Crippen molar-refractivity contribution in [1.29, 1.82) is 0 Å². The van der Waals surface area contributed by atoms with Crippen LogP contribution in [0.2, 0.25) is 0 Å². The van der Waals surface area contributed by atoms with Crippen LogP contribution in [-0.2, 0) is 9.59 Å². The second-order valence-electron chi connectivity index (χ2n) is 6.44. The molecule has 0 radical (unpaired) electrons. The summed E-state index contributed by atoms with van der Waals surface area (Å²) in [5.41, 5.74) is 1.63. The van der Waals surface area contributed by atoms with Gasteiger partial charge in [0.25, 0.3) is 0 Å². The summed E-state index contributed by atoms with van der Waals surface area (Å²) in [5.74, 6) is -0.116. The average molecular weight is 338 g/mol. The molecule has 4 nitrogen and oxygen atoms in total. The standard InChI is InChI=1S/C21H26N2O2/c1-16(20(24)22-18-12-5-3-6-13-18)10-9-11-17(2)21(25)23-19-14-7-4-8-15-19/h3-8,12-17H,9-11H2,1-2H3,(H,22,24)(H,23,25)/t16-,17+. The fourth-order valence-corrected chi connectivity index (χ4v) is 2.57. The topological polar surface area (TPSA) is 58.2 Å². The van der Waals surface area contributed by atoms with Gasteiger partial charge in [0.15, 0.2) is 0 Å². The van der Waals surface area contributed by atoms with E-state index in [0.717, 1.165) is 30.6 Å². The van der Waals surface area contributed by atoms with E-state index in [0.29, 0.717) is 0 Å². The maximum Gasteiger partial charge on any atom is 0.227 e. The molecular formula is C21H26N2O2. The van der Waals surface area contributed by atoms with Crippen LogP contribution < -0.4 is 10.6 Å². The predicted molar refractivity (Wildman–Crippen MR) is 102 cm³/mol. The lowest BCUT2D eigenvalue weighted by atomic mass is 9.97. The lowest BCUT2D eigenvalue weighted by molar-refractivity contribution is -0.119. The smallest absolute Gasteiger partial charge is 0.227 e. The summed E-state index contributed by atoms with van der Waals surface area (Å²) < 4.78 is 0. The number of hydrogen-bond acceptors (Lipinski definition) is 2. The van der Waals surface area contributed by atoms with Crippen molar-refractivity contribution in [2.75, 3.05) is 10.6 Å². The molecule has 2 atom stereocenters. The minimum atomic E-state index is -0.0791. The van der Waals surface area contributed by atoms with E-state index in [1.54, 1.807) is 0 Å². The molecule has 0 aromatic heterocycles. The summed E-state index contributed by atoms with van der Waals surface area (Å²) in [6.07, 6.45) is 2.37. The van der Waals surface area contributed by atoms with Crippen molar-refractivity contribution in [2.24, 2.45) is 11.8 Å². The summed E-state index contributed by atoms with van der Waals surface area (Å²) in [5, 5.41) is 5.83. The fraction of sp³-hybridized carbons (Fsp3) is 0.333. The maximum absolute atomic E-state index is 12.2. The molecule has 2 amide bonds. The highest BCUT2D eigenvalue weighted by molar-refractivity contribution is 5.92. The summed E-state index contributed by atoms with van der Waals surface area (Å²) in [6, 6.07) is 18.9. The van der Waals surface area contributed by atoms with Gasteiger partial charge < -0.3 is 10.6 Å². The number of amides is 2. The van der Waals surface area contributed by atoms with Crippen LogP contribution in [0.25, 0.3) is 0 Å². The second-order valence-corrected chi connectivity index (χ2v) is 6.44. The molecule has 2 aromatic rings. The molecule has 132 valence electrons. The fourth-order valence-electron chi connectivity index (χ4n) is 2.57. The van der Waals surface area contributed by atoms with Crippen LogP contribution >= 0.6 is 0 Å². The van der Waals surface area contributed by atoms with E-state index in [1.807, 2.05) is 74.5 Å². The minimum absolute atomic E-state index is 0.0209. The molecule has 2 N–H and O–H groups in total. The first-order valence-electron chi connectivity index (χ1n) is 8.78. The van der Waals surface area contributed by atoms with Crippen molar-refractivity contribution in [3.8, 4) is 0 Å². The predicted octanol–water partition coefficient (Wildman–Crippen LogP) is 4.71. The SMILES string of the molecule is C[C@H](CCC[C@H](C)C(=O)Nc1ccccc1)C(=O)Nc1ccccc1. The molecule has 0 fully saturated rings. The Hall–Kier alpha value is -2.62. The lowest BCUT2D eigenvalue weighted by Gasteiger charge is -2.15. The van der Waals surface area contributed by atoms with Gasteiger partial charge in [-0.2, -0.15) is 0 Å². The Bertz CT molecular complexity index is 611. The Morgan fingerprint density at radius 2 is 1.08 bits per heavy atom. The number of carbonyl (C=O) groups excluding carboxylic acids is 2. The number of carbonyl (C=O) groups is 2. The molecule has 0 saturated carbocycles. The van der Waals surface area contributed by atoms with Crippen LogP contribution in [0.3, 0.4) is 0 Å². The average Bonchev–Trinajstić information content (AvgIpc) is 2.63. The molecule has 0 aliphatic carbocycles. The van der Waals surface area contributed by atoms with Crippen molar-refractivity contribution in [1.82, 2.24) is 0 Å². The van der Waals surface area contributed by atoms with Crippen molar-refractivity contribution in [3.05, 3.63) is 60.7 Å². The monoisotopic (exact) mass is 338 g/mol. The third-order valence-electron chi connectivity index (χ3n) is 4.25. The van der Waals surface area contributed by atoms with Crippen molar-refractivity contribution < 1.29 is 9.59 Å². The largest absolute Gasteiger partial charge is 0.326 e. The molecule has 0 heterocycles. The highest BCUT2D eigenvalue weighted by Gasteiger charge is 2.16. The number of para-hydroxylation sites is 2. The highest BCUT2D eigenvalue weighted by Crippen LogP contribution is 2.17. The second kappa shape index (κ2) is 9.62. The van der Waals surface area contributed by atoms with Gasteiger partial charge in [-0.1, -0.05) is 56.7 Å². The van der Waals surface area contributed by atoms with E-state index in [1.165, 1.54) is 0 Å². The van der Waals surface area contributed by atoms with Crippen LogP contribution in [0.15, 0.2) is 60.7 Å². The summed E-state index contributed by atoms with van der Waals surface area (Å²) >= 11 is 0. The van der Waals surface area contributed by atoms with Gasteiger partial charge >= 0.3 is 0 Å². The van der Waals surface area contributed by atoms with Crippen LogP contribution in [0.5, 0.6) is 0 Å². The molecule has 0 saturated heterocycles. The van der Waals surface area contributed by atoms with Gasteiger partial charge in [-0.05, 0) is 37.1 Å². The Morgan fingerprint density at radius 1 is 0.720 bits per heavy atom. The van der Waals surface area contributed by atoms with Crippen LogP contribution in [0.1, 0.15) is 33.1 Å². The molecule has 0 spiro atoms. The Morgan fingerprint density at radius 3 is 1.44 bits per heavy atom. The van der Waals surface area contributed by atoms with E-state index in [4.69, 9.17) is 0 Å². The minimum Gasteiger partial charge on any atom is -0.326 e. The number of anilines is 2. The van der Waals surface area contributed by atoms with Crippen LogP contribution in [0.4, 0.5) is 11.4 Å². The lowest BCUT2D eigenvalue weighted by Crippen LogP contribution is -2.22. The number of rotatable bonds is 8. The Kier molecular flexibility index (Phi) is 7.20. The zero-order valence-corrected chi connectivity index (χ0v) is 14.9. The van der Waals surface area contributed by atoms with E-state index in [2.05, 4.69) is 10.6 Å². The van der Waals surface area contributed by atoms with Crippen LogP contribution in [0, 0.1) is 11.8 Å². The summed E-state index contributed by atoms with van der Waals surface area (Å²) in [6.45, 7) is 3.85. The first kappa shape index (κ1) is 18.7. The van der Waals surface area contributed by atoms with Gasteiger partial charge in [0.2, 0.25) is 11.8 Å². The molecule has 25 heavy (non-hydrogen) atoms. The van der Waals surface area contributed by atoms with Gasteiger partial charge in [-0.25, -0.2) is 0 Å². The quantitative estimate of drug-likeness (QED) is 0.732. The third kappa shape index (κ3) is 6.42. The Labute approximate surface area is 149 Å². The van der Waals surface area contributed by atoms with Crippen molar-refractivity contribution in [2.45, 2.75) is 33.1 Å². The number of hydrogen-bond donors (Lipinski definition) is 2. The Balaban J connectivity index is 1.70. The molecular weight excluding hydrogens is 312 g/mol. The van der Waals surface area contributed by atoms with Gasteiger partial charge in [0, 0.05) is 23.2 Å². The first-order valence-corrected chi connectivity index (χ1v) is 8.78. The number of nitrogens with one attached hydrogen (secondary N) is 2. The highest BCUT2D eigenvalue weighted by atomic mass is 16.2. The van der Waals surface area contributed by atoms with E-state index >= 15 is 0 Å². The molecule has 0 unspecified atom stereocenters. The molecule has 2 rings (SSSR count). The van der Waals surface area contributed by atoms with Crippen LogP contribution in [-0.4, -0.2) is 11.8 Å². The maximum atomic E-state index is 12.2. The van der Waals surface area contributed by atoms with Gasteiger partial charge in [0.1, 0.15) is 0 Å². The number of benzene rings is 2. The normalized spacial score (nSPS) is 12.9. The van der Waals surface area contributed by atoms with Gasteiger partial charge in [-0.15, -0.1) is 0 Å². The summed E-state index contributed by atoms with van der Waals surface area (Å²) in [7, 11) is 0.